The second kappa shape index (κ2) is 8.24. The Labute approximate surface area is 172 Å². The average Bonchev–Trinajstić information content (AvgIpc) is 3.09. The number of rotatable bonds is 4. The first kappa shape index (κ1) is 18.8. The zero-order valence-electron chi connectivity index (χ0n) is 15.4. The van der Waals surface area contributed by atoms with Gasteiger partial charge in [-0.05, 0) is 37.5 Å². The largest absolute Gasteiger partial charge is 0.354 e. The number of aromatic nitrogens is 3. The molecule has 1 aliphatic rings. The number of carbonyl (C=O) groups excluding carboxylic acids is 1. The van der Waals surface area contributed by atoms with E-state index in [1.165, 1.54) is 11.3 Å². The van der Waals surface area contributed by atoms with Gasteiger partial charge in [0, 0.05) is 13.1 Å². The number of benzene rings is 1. The van der Waals surface area contributed by atoms with Gasteiger partial charge in [0.05, 0.1) is 16.5 Å². The summed E-state index contributed by atoms with van der Waals surface area (Å²) in [5.74, 6) is 0.633. The lowest BCUT2D eigenvalue weighted by Gasteiger charge is -2.32. The fourth-order valence-corrected chi connectivity index (χ4v) is 4.47. The Kier molecular flexibility index (Phi) is 5.54. The van der Waals surface area contributed by atoms with Gasteiger partial charge in [-0.1, -0.05) is 53.3 Å². The van der Waals surface area contributed by atoms with Crippen LogP contribution in [0.3, 0.4) is 0 Å². The van der Waals surface area contributed by atoms with E-state index >= 15 is 0 Å². The highest BCUT2D eigenvalue weighted by Crippen LogP contribution is 2.33. The van der Waals surface area contributed by atoms with Gasteiger partial charge in [-0.15, -0.1) is 10.2 Å². The zero-order chi connectivity index (χ0) is 19.5. The molecule has 1 amide bonds. The number of anilines is 2. The van der Waals surface area contributed by atoms with Crippen LogP contribution in [0.4, 0.5) is 10.9 Å². The number of thiazole rings is 1. The van der Waals surface area contributed by atoms with Crippen LogP contribution in [-0.4, -0.2) is 34.2 Å². The Bertz CT molecular complexity index is 960. The number of nitrogens with one attached hydrogen (secondary N) is 1. The van der Waals surface area contributed by atoms with Gasteiger partial charge in [0.15, 0.2) is 16.1 Å². The highest BCUT2D eigenvalue weighted by molar-refractivity contribution is 7.19. The van der Waals surface area contributed by atoms with Gasteiger partial charge in [0.1, 0.15) is 0 Å². The molecule has 1 aliphatic heterocycles. The predicted octanol–water partition coefficient (Wildman–Crippen LogP) is 4.42. The molecule has 1 N–H and O–H groups in total. The third-order valence-electron chi connectivity index (χ3n) is 4.80. The quantitative estimate of drug-likeness (QED) is 0.685. The van der Waals surface area contributed by atoms with Crippen LogP contribution in [0, 0.1) is 12.8 Å². The lowest BCUT2D eigenvalue weighted by molar-refractivity contribution is -0.120. The second-order valence-corrected chi connectivity index (χ2v) is 8.17. The highest BCUT2D eigenvalue weighted by atomic mass is 35.5. The van der Waals surface area contributed by atoms with E-state index in [2.05, 4.69) is 37.5 Å². The van der Waals surface area contributed by atoms with Crippen LogP contribution in [0.25, 0.3) is 10.4 Å². The molecular weight excluding hydrogens is 394 g/mol. The molecule has 3 aromatic rings. The number of carbonyl (C=O) groups is 1. The maximum atomic E-state index is 12.8. The average molecular weight is 414 g/mol. The molecule has 1 saturated heterocycles. The smallest absolute Gasteiger partial charge is 0.231 e. The van der Waals surface area contributed by atoms with Gasteiger partial charge in [-0.25, -0.2) is 4.98 Å². The van der Waals surface area contributed by atoms with Crippen LogP contribution in [0.5, 0.6) is 0 Å². The topological polar surface area (TPSA) is 71.0 Å². The van der Waals surface area contributed by atoms with Crippen molar-refractivity contribution in [1.82, 2.24) is 15.2 Å². The first-order valence-corrected chi connectivity index (χ1v) is 10.4. The van der Waals surface area contributed by atoms with Crippen molar-refractivity contribution < 1.29 is 4.79 Å². The van der Waals surface area contributed by atoms with E-state index < -0.39 is 0 Å². The minimum Gasteiger partial charge on any atom is -0.354 e. The number of hydrogen-bond acceptors (Lipinski definition) is 6. The van der Waals surface area contributed by atoms with E-state index in [9.17, 15) is 4.79 Å². The molecule has 0 aliphatic carbocycles. The molecule has 8 heteroatoms. The molecule has 1 fully saturated rings. The summed E-state index contributed by atoms with van der Waals surface area (Å²) < 4.78 is 0. The van der Waals surface area contributed by atoms with Crippen LogP contribution in [0.2, 0.25) is 5.15 Å². The summed E-state index contributed by atoms with van der Waals surface area (Å²) in [7, 11) is 0. The number of piperidine rings is 1. The standard InChI is InChI=1S/C20H20ClN5OS/c1-13-18(14-6-3-2-4-7-14)28-20(22-13)23-19(27)15-8-5-11-26(12-15)17-10-9-16(21)24-25-17/h2-4,6-7,9-10,15H,5,8,11-12H2,1H3,(H,22,23,27). The molecule has 3 heterocycles. The van der Waals surface area contributed by atoms with Crippen molar-refractivity contribution in [2.24, 2.45) is 5.92 Å². The molecule has 28 heavy (non-hydrogen) atoms. The summed E-state index contributed by atoms with van der Waals surface area (Å²) in [5.41, 5.74) is 2.04. The van der Waals surface area contributed by atoms with Gasteiger partial charge in [0.2, 0.25) is 5.91 Å². The third-order valence-corrected chi connectivity index (χ3v) is 6.12. The maximum Gasteiger partial charge on any atom is 0.231 e. The molecule has 144 valence electrons. The SMILES string of the molecule is Cc1nc(NC(=O)C2CCCN(c3ccc(Cl)nn3)C2)sc1-c1ccccc1. The van der Waals surface area contributed by atoms with Crippen molar-refractivity contribution in [3.8, 4) is 10.4 Å². The summed E-state index contributed by atoms with van der Waals surface area (Å²) in [6, 6.07) is 13.7. The molecule has 0 radical (unpaired) electrons. The van der Waals surface area contributed by atoms with Crippen LogP contribution >= 0.6 is 22.9 Å². The lowest BCUT2D eigenvalue weighted by Crippen LogP contribution is -2.41. The molecule has 0 spiro atoms. The highest BCUT2D eigenvalue weighted by Gasteiger charge is 2.27. The fraction of sp³-hybridized carbons (Fsp3) is 0.300. The van der Waals surface area contributed by atoms with Crippen molar-refractivity contribution in [1.29, 1.82) is 0 Å². The summed E-state index contributed by atoms with van der Waals surface area (Å²) in [6.07, 6.45) is 1.77. The molecule has 0 saturated carbocycles. The first-order valence-electron chi connectivity index (χ1n) is 9.18. The van der Waals surface area contributed by atoms with E-state index in [1.807, 2.05) is 31.2 Å². The molecule has 0 bridgehead atoms. The molecule has 4 rings (SSSR count). The van der Waals surface area contributed by atoms with Gasteiger partial charge in [-0.3, -0.25) is 4.79 Å². The predicted molar refractivity (Wildman–Crippen MR) is 113 cm³/mol. The van der Waals surface area contributed by atoms with Crippen molar-refractivity contribution >= 4 is 39.8 Å². The van der Waals surface area contributed by atoms with Crippen LogP contribution in [0.15, 0.2) is 42.5 Å². The number of nitrogens with zero attached hydrogens (tertiary/aromatic N) is 4. The zero-order valence-corrected chi connectivity index (χ0v) is 17.0. The van der Waals surface area contributed by atoms with Crippen LogP contribution in [0.1, 0.15) is 18.5 Å². The summed E-state index contributed by atoms with van der Waals surface area (Å²) in [4.78, 5) is 20.5. The number of hydrogen-bond donors (Lipinski definition) is 1. The summed E-state index contributed by atoms with van der Waals surface area (Å²) in [6.45, 7) is 3.43. The van der Waals surface area contributed by atoms with Gasteiger partial charge >= 0.3 is 0 Å². The molecular formula is C20H20ClN5OS. The van der Waals surface area contributed by atoms with E-state index in [-0.39, 0.29) is 11.8 Å². The Morgan fingerprint density at radius 1 is 1.21 bits per heavy atom. The molecule has 1 atom stereocenters. The maximum absolute atomic E-state index is 12.8. The van der Waals surface area contributed by atoms with Gasteiger partial charge < -0.3 is 10.2 Å². The Morgan fingerprint density at radius 3 is 2.79 bits per heavy atom. The third kappa shape index (κ3) is 4.15. The molecule has 1 unspecified atom stereocenters. The summed E-state index contributed by atoms with van der Waals surface area (Å²) in [5, 5.41) is 12.0. The lowest BCUT2D eigenvalue weighted by atomic mass is 9.97. The van der Waals surface area contributed by atoms with E-state index in [1.54, 1.807) is 6.07 Å². The van der Waals surface area contributed by atoms with Crippen molar-refractivity contribution in [2.45, 2.75) is 19.8 Å². The van der Waals surface area contributed by atoms with Crippen LogP contribution in [-0.2, 0) is 4.79 Å². The van der Waals surface area contributed by atoms with E-state index in [0.29, 0.717) is 16.8 Å². The monoisotopic (exact) mass is 413 g/mol. The van der Waals surface area contributed by atoms with Crippen LogP contribution < -0.4 is 10.2 Å². The van der Waals surface area contributed by atoms with Gasteiger partial charge in [0.25, 0.3) is 0 Å². The number of halogens is 1. The minimum absolute atomic E-state index is 0.0000145. The minimum atomic E-state index is -0.115. The first-order chi connectivity index (χ1) is 13.6. The van der Waals surface area contributed by atoms with E-state index in [0.717, 1.165) is 41.3 Å². The van der Waals surface area contributed by atoms with E-state index in [4.69, 9.17) is 11.6 Å². The normalized spacial score (nSPS) is 16.8. The molecule has 6 nitrogen and oxygen atoms in total. The van der Waals surface area contributed by atoms with Gasteiger partial charge in [-0.2, -0.15) is 0 Å². The number of aryl methyl sites for hydroxylation is 1. The fourth-order valence-electron chi connectivity index (χ4n) is 3.39. The Balaban J connectivity index is 1.44. The molecule has 2 aromatic heterocycles. The van der Waals surface area contributed by atoms with Crippen molar-refractivity contribution in [2.75, 3.05) is 23.3 Å². The Hall–Kier alpha value is -2.51. The van der Waals surface area contributed by atoms with Crippen molar-refractivity contribution in [3.05, 3.63) is 53.3 Å². The Morgan fingerprint density at radius 2 is 2.04 bits per heavy atom. The molecule has 1 aromatic carbocycles. The summed E-state index contributed by atoms with van der Waals surface area (Å²) >= 11 is 7.33. The second-order valence-electron chi connectivity index (χ2n) is 6.79. The van der Waals surface area contributed by atoms with Crippen molar-refractivity contribution in [3.63, 3.8) is 0 Å². The number of amides is 1.